The van der Waals surface area contributed by atoms with Crippen LogP contribution in [0, 0.1) is 0 Å². The molecule has 0 spiro atoms. The predicted octanol–water partition coefficient (Wildman–Crippen LogP) is 4.92. The van der Waals surface area contributed by atoms with Gasteiger partial charge in [0.2, 0.25) is 0 Å². The summed E-state index contributed by atoms with van der Waals surface area (Å²) < 4.78 is 17.3. The van der Waals surface area contributed by atoms with Crippen LogP contribution in [0.4, 0.5) is 0 Å². The van der Waals surface area contributed by atoms with Gasteiger partial charge in [0, 0.05) is 17.0 Å². The molecule has 0 aliphatic carbocycles. The van der Waals surface area contributed by atoms with Crippen LogP contribution in [0.5, 0.6) is 17.2 Å². The highest BCUT2D eigenvalue weighted by atomic mass is 35.5. The maximum atomic E-state index is 13.0. The molecule has 0 saturated carbocycles. The third-order valence-corrected chi connectivity index (χ3v) is 4.96. The molecule has 6 heteroatoms. The standard InChI is InChI=1S/C22H26ClNO4/c1-5-19(27-16-8-6-7-14(23)11-16)21(25)24-18-13-22(2,3)28-20-10-9-15(26-4)12-17(18)20/h6-12,18-19H,5,13H2,1-4H3,(H,24,25)/t18-,19-/m1/s1. The van der Waals surface area contributed by atoms with Gasteiger partial charge in [0.25, 0.3) is 5.91 Å². The molecular weight excluding hydrogens is 378 g/mol. The van der Waals surface area contributed by atoms with Crippen LogP contribution in [0.25, 0.3) is 0 Å². The van der Waals surface area contributed by atoms with Crippen molar-refractivity contribution in [3.63, 3.8) is 0 Å². The smallest absolute Gasteiger partial charge is 0.261 e. The van der Waals surface area contributed by atoms with Crippen molar-refractivity contribution in [1.29, 1.82) is 0 Å². The van der Waals surface area contributed by atoms with Crippen molar-refractivity contribution in [3.8, 4) is 17.2 Å². The number of rotatable bonds is 6. The number of hydrogen-bond donors (Lipinski definition) is 1. The summed E-state index contributed by atoms with van der Waals surface area (Å²) in [4.78, 5) is 13.0. The van der Waals surface area contributed by atoms with E-state index in [0.717, 1.165) is 17.1 Å². The summed E-state index contributed by atoms with van der Waals surface area (Å²) in [6.07, 6.45) is 0.570. The molecule has 2 aromatic rings. The molecule has 0 aromatic heterocycles. The second-order valence-corrected chi connectivity index (χ2v) is 7.94. The molecule has 0 radical (unpaired) electrons. The fraction of sp³-hybridized carbons (Fsp3) is 0.409. The molecular formula is C22H26ClNO4. The summed E-state index contributed by atoms with van der Waals surface area (Å²) in [5.41, 5.74) is 0.513. The highest BCUT2D eigenvalue weighted by molar-refractivity contribution is 6.30. The average Bonchev–Trinajstić information content (AvgIpc) is 2.65. The van der Waals surface area contributed by atoms with Crippen molar-refractivity contribution < 1.29 is 19.0 Å². The highest BCUT2D eigenvalue weighted by Crippen LogP contribution is 2.41. The molecule has 0 unspecified atom stereocenters. The number of carbonyl (C=O) groups excluding carboxylic acids is 1. The molecule has 1 aliphatic rings. The number of methoxy groups -OCH3 is 1. The first-order chi connectivity index (χ1) is 13.3. The van der Waals surface area contributed by atoms with Gasteiger partial charge in [-0.05, 0) is 56.7 Å². The number of hydrogen-bond acceptors (Lipinski definition) is 4. The van der Waals surface area contributed by atoms with Gasteiger partial charge in [-0.1, -0.05) is 24.6 Å². The van der Waals surface area contributed by atoms with Crippen molar-refractivity contribution in [2.75, 3.05) is 7.11 Å². The predicted molar refractivity (Wildman–Crippen MR) is 109 cm³/mol. The van der Waals surface area contributed by atoms with E-state index < -0.39 is 11.7 Å². The van der Waals surface area contributed by atoms with Gasteiger partial charge in [-0.25, -0.2) is 0 Å². The lowest BCUT2D eigenvalue weighted by Gasteiger charge is -2.38. The Labute approximate surface area is 170 Å². The first-order valence-corrected chi connectivity index (χ1v) is 9.78. The van der Waals surface area contributed by atoms with Gasteiger partial charge >= 0.3 is 0 Å². The number of benzene rings is 2. The van der Waals surface area contributed by atoms with Crippen molar-refractivity contribution >= 4 is 17.5 Å². The van der Waals surface area contributed by atoms with Crippen LogP contribution in [0.3, 0.4) is 0 Å². The van der Waals surface area contributed by atoms with E-state index in [2.05, 4.69) is 5.32 Å². The highest BCUT2D eigenvalue weighted by Gasteiger charge is 2.36. The summed E-state index contributed by atoms with van der Waals surface area (Å²) in [5.74, 6) is 1.89. The van der Waals surface area contributed by atoms with E-state index >= 15 is 0 Å². The van der Waals surface area contributed by atoms with Crippen LogP contribution in [-0.4, -0.2) is 24.7 Å². The maximum Gasteiger partial charge on any atom is 0.261 e. The first-order valence-electron chi connectivity index (χ1n) is 9.41. The summed E-state index contributed by atoms with van der Waals surface area (Å²) in [5, 5.41) is 3.70. The molecule has 0 bridgehead atoms. The Morgan fingerprint density at radius 1 is 1.29 bits per heavy atom. The van der Waals surface area contributed by atoms with Gasteiger partial charge in [-0.15, -0.1) is 0 Å². The van der Waals surface area contributed by atoms with Gasteiger partial charge in [0.15, 0.2) is 6.10 Å². The largest absolute Gasteiger partial charge is 0.497 e. The molecule has 1 heterocycles. The normalized spacial score (nSPS) is 18.4. The minimum Gasteiger partial charge on any atom is -0.497 e. The summed E-state index contributed by atoms with van der Waals surface area (Å²) >= 11 is 6.02. The molecule has 1 amide bonds. The van der Waals surface area contributed by atoms with Crippen LogP contribution < -0.4 is 19.5 Å². The topological polar surface area (TPSA) is 56.8 Å². The Hall–Kier alpha value is -2.40. The Bertz CT molecular complexity index is 852. The van der Waals surface area contributed by atoms with E-state index in [-0.39, 0.29) is 11.9 Å². The monoisotopic (exact) mass is 403 g/mol. The third kappa shape index (κ3) is 4.71. The molecule has 5 nitrogen and oxygen atoms in total. The van der Waals surface area contributed by atoms with E-state index in [1.807, 2.05) is 39.0 Å². The SMILES string of the molecule is CC[C@@H](Oc1cccc(Cl)c1)C(=O)N[C@@H]1CC(C)(C)Oc2ccc(OC)cc21. The van der Waals surface area contributed by atoms with Crippen molar-refractivity contribution in [2.24, 2.45) is 0 Å². The van der Waals surface area contributed by atoms with E-state index in [4.69, 9.17) is 25.8 Å². The Kier molecular flexibility index (Phi) is 6.04. The average molecular weight is 404 g/mol. The fourth-order valence-corrected chi connectivity index (χ4v) is 3.56. The number of carbonyl (C=O) groups is 1. The van der Waals surface area contributed by atoms with Crippen LogP contribution >= 0.6 is 11.6 Å². The number of ether oxygens (including phenoxy) is 3. The van der Waals surface area contributed by atoms with E-state index in [1.165, 1.54) is 0 Å². The zero-order valence-corrected chi connectivity index (χ0v) is 17.4. The molecule has 0 fully saturated rings. The summed E-state index contributed by atoms with van der Waals surface area (Å²) in [6.45, 7) is 5.94. The van der Waals surface area contributed by atoms with E-state index in [9.17, 15) is 4.79 Å². The molecule has 150 valence electrons. The van der Waals surface area contributed by atoms with Crippen LogP contribution in [0.1, 0.15) is 45.2 Å². The molecule has 3 rings (SSSR count). The number of nitrogens with one attached hydrogen (secondary N) is 1. The second kappa shape index (κ2) is 8.31. The molecule has 1 aliphatic heterocycles. The van der Waals surface area contributed by atoms with Crippen molar-refractivity contribution in [1.82, 2.24) is 5.32 Å². The number of halogens is 1. The van der Waals surface area contributed by atoms with Gasteiger partial charge in [-0.2, -0.15) is 0 Å². The lowest BCUT2D eigenvalue weighted by atomic mass is 9.89. The van der Waals surface area contributed by atoms with Gasteiger partial charge < -0.3 is 19.5 Å². The van der Waals surface area contributed by atoms with Crippen molar-refractivity contribution in [2.45, 2.75) is 51.4 Å². The van der Waals surface area contributed by atoms with Gasteiger partial charge in [0.05, 0.1) is 13.2 Å². The molecule has 2 atom stereocenters. The fourth-order valence-electron chi connectivity index (χ4n) is 3.38. The third-order valence-electron chi connectivity index (χ3n) is 4.73. The van der Waals surface area contributed by atoms with Gasteiger partial charge in [-0.3, -0.25) is 4.79 Å². The van der Waals surface area contributed by atoms with E-state index in [1.54, 1.807) is 31.4 Å². The Morgan fingerprint density at radius 2 is 2.07 bits per heavy atom. The molecule has 2 aromatic carbocycles. The number of fused-ring (bicyclic) bond motifs is 1. The van der Waals surface area contributed by atoms with Crippen LogP contribution in [-0.2, 0) is 4.79 Å². The first kappa shape index (κ1) is 20.3. The molecule has 1 N–H and O–H groups in total. The zero-order chi connectivity index (χ0) is 20.3. The molecule has 28 heavy (non-hydrogen) atoms. The lowest BCUT2D eigenvalue weighted by molar-refractivity contribution is -0.129. The van der Waals surface area contributed by atoms with Crippen LogP contribution in [0.15, 0.2) is 42.5 Å². The Morgan fingerprint density at radius 3 is 2.75 bits per heavy atom. The minimum absolute atomic E-state index is 0.168. The lowest BCUT2D eigenvalue weighted by Crippen LogP contribution is -2.45. The van der Waals surface area contributed by atoms with Crippen molar-refractivity contribution in [3.05, 3.63) is 53.1 Å². The quantitative estimate of drug-likeness (QED) is 0.743. The molecule has 0 saturated heterocycles. The zero-order valence-electron chi connectivity index (χ0n) is 16.6. The summed E-state index contributed by atoms with van der Waals surface area (Å²) in [6, 6.07) is 12.5. The Balaban J connectivity index is 1.80. The number of amides is 1. The minimum atomic E-state index is -0.613. The van der Waals surface area contributed by atoms with Gasteiger partial charge in [0.1, 0.15) is 22.8 Å². The maximum absolute atomic E-state index is 13.0. The second-order valence-electron chi connectivity index (χ2n) is 7.50. The summed E-state index contributed by atoms with van der Waals surface area (Å²) in [7, 11) is 1.62. The van der Waals surface area contributed by atoms with Crippen LogP contribution in [0.2, 0.25) is 5.02 Å². The van der Waals surface area contributed by atoms with E-state index in [0.29, 0.717) is 23.6 Å².